The first kappa shape index (κ1) is 17.3. The highest BCUT2D eigenvalue weighted by molar-refractivity contribution is 7.00. The quantitative estimate of drug-likeness (QED) is 0.687. The fourth-order valence-electron chi connectivity index (χ4n) is 4.00. The van der Waals surface area contributed by atoms with Crippen LogP contribution in [0.1, 0.15) is 28.3 Å². The van der Waals surface area contributed by atoms with Crippen LogP contribution < -0.4 is 0 Å². The van der Waals surface area contributed by atoms with E-state index in [0.29, 0.717) is 37.7 Å². The average molecular weight is 392 g/mol. The molecule has 0 spiro atoms. The van der Waals surface area contributed by atoms with Crippen molar-refractivity contribution in [1.29, 1.82) is 0 Å². The van der Waals surface area contributed by atoms with Gasteiger partial charge in [-0.25, -0.2) is 0 Å². The van der Waals surface area contributed by atoms with E-state index in [1.54, 1.807) is 12.1 Å². The van der Waals surface area contributed by atoms with E-state index in [4.69, 9.17) is 0 Å². The number of rotatable bonds is 3. The third-order valence-corrected chi connectivity index (χ3v) is 6.27. The van der Waals surface area contributed by atoms with Crippen molar-refractivity contribution in [3.8, 4) is 0 Å². The molecule has 2 aromatic carbocycles. The van der Waals surface area contributed by atoms with Gasteiger partial charge in [0.1, 0.15) is 11.0 Å². The van der Waals surface area contributed by atoms with E-state index in [9.17, 15) is 9.59 Å². The Hall–Kier alpha value is -2.80. The third-order valence-electron chi connectivity index (χ3n) is 5.71. The largest absolute Gasteiger partial charge is 0.339 e. The van der Waals surface area contributed by atoms with Gasteiger partial charge in [-0.1, -0.05) is 30.3 Å². The summed E-state index contributed by atoms with van der Waals surface area (Å²) >= 11 is 1.15. The first-order chi connectivity index (χ1) is 13.7. The number of nitrogens with zero attached hydrogens (tertiary/aromatic N) is 4. The summed E-state index contributed by atoms with van der Waals surface area (Å²) in [6, 6.07) is 15.7. The number of piperazine rings is 1. The van der Waals surface area contributed by atoms with E-state index in [1.165, 1.54) is 5.56 Å². The van der Waals surface area contributed by atoms with Crippen molar-refractivity contribution in [2.45, 2.75) is 12.3 Å². The number of amides is 2. The van der Waals surface area contributed by atoms with Gasteiger partial charge in [0, 0.05) is 37.7 Å². The zero-order valence-corrected chi connectivity index (χ0v) is 16.1. The molecular weight excluding hydrogens is 372 g/mol. The zero-order chi connectivity index (χ0) is 19.1. The Morgan fingerprint density at radius 2 is 1.61 bits per heavy atom. The highest BCUT2D eigenvalue weighted by Gasteiger charge is 2.46. The SMILES string of the molecule is O=C(c1ccc2nsnc2c1)N1CCN(C(=O)[C@H]2C[C@H]2c2ccccc2)CC1. The first-order valence-electron chi connectivity index (χ1n) is 9.56. The smallest absolute Gasteiger partial charge is 0.254 e. The topological polar surface area (TPSA) is 66.4 Å². The Kier molecular flexibility index (Phi) is 4.31. The van der Waals surface area contributed by atoms with Gasteiger partial charge in [-0.2, -0.15) is 8.75 Å². The van der Waals surface area contributed by atoms with Crippen LogP contribution in [0.25, 0.3) is 11.0 Å². The number of hydrogen-bond acceptors (Lipinski definition) is 5. The summed E-state index contributed by atoms with van der Waals surface area (Å²) in [7, 11) is 0. The minimum Gasteiger partial charge on any atom is -0.339 e. The molecule has 2 heterocycles. The van der Waals surface area contributed by atoms with Crippen LogP contribution >= 0.6 is 11.7 Å². The van der Waals surface area contributed by atoms with E-state index in [0.717, 1.165) is 29.2 Å². The highest BCUT2D eigenvalue weighted by atomic mass is 32.1. The molecule has 28 heavy (non-hydrogen) atoms. The van der Waals surface area contributed by atoms with Gasteiger partial charge in [0.25, 0.3) is 5.91 Å². The van der Waals surface area contributed by atoms with Crippen LogP contribution in [0.4, 0.5) is 0 Å². The molecule has 6 nitrogen and oxygen atoms in total. The molecule has 0 N–H and O–H groups in total. The maximum Gasteiger partial charge on any atom is 0.254 e. The van der Waals surface area contributed by atoms with Crippen molar-refractivity contribution in [3.63, 3.8) is 0 Å². The zero-order valence-electron chi connectivity index (χ0n) is 15.3. The molecule has 1 aliphatic heterocycles. The summed E-state index contributed by atoms with van der Waals surface area (Å²) in [4.78, 5) is 29.4. The van der Waals surface area contributed by atoms with Gasteiger partial charge in [0.15, 0.2) is 0 Å². The lowest BCUT2D eigenvalue weighted by molar-refractivity contribution is -0.134. The van der Waals surface area contributed by atoms with E-state index in [-0.39, 0.29) is 17.7 Å². The van der Waals surface area contributed by atoms with Crippen LogP contribution in [-0.2, 0) is 4.79 Å². The third kappa shape index (κ3) is 3.16. The molecule has 2 fully saturated rings. The molecule has 7 heteroatoms. The predicted octanol–water partition coefficient (Wildman–Crippen LogP) is 2.78. The van der Waals surface area contributed by atoms with Crippen molar-refractivity contribution in [2.24, 2.45) is 5.92 Å². The summed E-state index contributed by atoms with van der Waals surface area (Å²) in [5.41, 5.74) is 3.45. The molecule has 1 saturated heterocycles. The van der Waals surface area contributed by atoms with Crippen molar-refractivity contribution in [3.05, 3.63) is 59.7 Å². The summed E-state index contributed by atoms with van der Waals surface area (Å²) in [6.07, 6.45) is 0.934. The molecule has 2 aliphatic rings. The molecule has 3 aromatic rings. The Morgan fingerprint density at radius 1 is 0.893 bits per heavy atom. The standard InChI is InChI=1S/C21H20N4O2S/c26-20(15-6-7-18-19(12-15)23-28-22-18)24-8-10-25(11-9-24)21(27)17-13-16(17)14-4-2-1-3-5-14/h1-7,12,16-17H,8-11,13H2/t16-,17-/m0/s1. The van der Waals surface area contributed by atoms with Crippen molar-refractivity contribution >= 4 is 34.6 Å². The lowest BCUT2D eigenvalue weighted by atomic mass is 10.1. The van der Waals surface area contributed by atoms with Crippen LogP contribution in [0.15, 0.2) is 48.5 Å². The minimum atomic E-state index is -0.00409. The summed E-state index contributed by atoms with van der Waals surface area (Å²) in [6.45, 7) is 2.34. The molecule has 0 radical (unpaired) electrons. The number of benzene rings is 2. The number of carbonyl (C=O) groups excluding carboxylic acids is 2. The van der Waals surface area contributed by atoms with Crippen molar-refractivity contribution in [1.82, 2.24) is 18.5 Å². The van der Waals surface area contributed by atoms with E-state index in [1.807, 2.05) is 34.1 Å². The Balaban J connectivity index is 1.19. The van der Waals surface area contributed by atoms with Gasteiger partial charge in [-0.15, -0.1) is 0 Å². The molecule has 2 atom stereocenters. The van der Waals surface area contributed by atoms with Crippen molar-refractivity contribution in [2.75, 3.05) is 26.2 Å². The van der Waals surface area contributed by atoms with Crippen molar-refractivity contribution < 1.29 is 9.59 Å². The number of fused-ring (bicyclic) bond motifs is 1. The minimum absolute atomic E-state index is 0.00409. The van der Waals surface area contributed by atoms with Gasteiger partial charge >= 0.3 is 0 Å². The molecule has 5 rings (SSSR count). The van der Waals surface area contributed by atoms with Crippen LogP contribution in [-0.4, -0.2) is 56.5 Å². The molecule has 1 saturated carbocycles. The fourth-order valence-corrected chi connectivity index (χ4v) is 4.52. The fraction of sp³-hybridized carbons (Fsp3) is 0.333. The van der Waals surface area contributed by atoms with Crippen LogP contribution in [0.3, 0.4) is 0 Å². The Bertz CT molecular complexity index is 1030. The molecular formula is C21H20N4O2S. The molecule has 2 amide bonds. The van der Waals surface area contributed by atoms with Gasteiger partial charge in [-0.3, -0.25) is 9.59 Å². The molecule has 0 bridgehead atoms. The van der Waals surface area contributed by atoms with Crippen LogP contribution in [0.2, 0.25) is 0 Å². The summed E-state index contributed by atoms with van der Waals surface area (Å²) in [5.74, 6) is 0.683. The molecule has 1 aliphatic carbocycles. The predicted molar refractivity (Wildman–Crippen MR) is 107 cm³/mol. The van der Waals surface area contributed by atoms with E-state index < -0.39 is 0 Å². The highest BCUT2D eigenvalue weighted by Crippen LogP contribution is 2.48. The maximum absolute atomic E-state index is 12.8. The number of carbonyl (C=O) groups is 2. The monoisotopic (exact) mass is 392 g/mol. The normalized spacial score (nSPS) is 21.7. The number of aromatic nitrogens is 2. The van der Waals surface area contributed by atoms with Gasteiger partial charge < -0.3 is 9.80 Å². The molecule has 142 valence electrons. The average Bonchev–Trinajstić information content (AvgIpc) is 3.42. The Morgan fingerprint density at radius 3 is 2.39 bits per heavy atom. The van der Waals surface area contributed by atoms with Crippen LogP contribution in [0, 0.1) is 5.92 Å². The Labute approximate surface area is 167 Å². The lowest BCUT2D eigenvalue weighted by Crippen LogP contribution is -2.51. The lowest BCUT2D eigenvalue weighted by Gasteiger charge is -2.35. The van der Waals surface area contributed by atoms with Gasteiger partial charge in [0.05, 0.1) is 11.7 Å². The second-order valence-corrected chi connectivity index (χ2v) is 7.97. The summed E-state index contributed by atoms with van der Waals surface area (Å²) < 4.78 is 8.38. The first-order valence-corrected chi connectivity index (χ1v) is 10.3. The van der Waals surface area contributed by atoms with Gasteiger partial charge in [-0.05, 0) is 36.1 Å². The summed E-state index contributed by atoms with van der Waals surface area (Å²) in [5, 5.41) is 0. The number of hydrogen-bond donors (Lipinski definition) is 0. The van der Waals surface area contributed by atoms with Crippen LogP contribution in [0.5, 0.6) is 0 Å². The van der Waals surface area contributed by atoms with Gasteiger partial charge in [0.2, 0.25) is 5.91 Å². The maximum atomic E-state index is 12.8. The second-order valence-electron chi connectivity index (χ2n) is 7.44. The molecule has 0 unspecified atom stereocenters. The molecule has 1 aromatic heterocycles. The van der Waals surface area contributed by atoms with E-state index in [2.05, 4.69) is 20.9 Å². The second kappa shape index (κ2) is 6.98. The van der Waals surface area contributed by atoms with E-state index >= 15 is 0 Å².